The average molecular weight is 368 g/mol. The minimum Gasteiger partial charge on any atom is -0.465 e. The molecule has 26 heavy (non-hydrogen) atoms. The summed E-state index contributed by atoms with van der Waals surface area (Å²) in [7, 11) is 0. The molecule has 0 aliphatic heterocycles. The number of hydrogen-bond donors (Lipinski definition) is 3. The van der Waals surface area contributed by atoms with Gasteiger partial charge in [-0.1, -0.05) is 20.8 Å². The van der Waals surface area contributed by atoms with Crippen LogP contribution >= 0.6 is 0 Å². The van der Waals surface area contributed by atoms with Gasteiger partial charge in [0.1, 0.15) is 5.60 Å². The molecule has 1 atom stereocenters. The van der Waals surface area contributed by atoms with Gasteiger partial charge in [-0.15, -0.1) is 0 Å². The highest BCUT2D eigenvalue weighted by molar-refractivity contribution is 5.68. The van der Waals surface area contributed by atoms with E-state index < -0.39 is 29.3 Å². The van der Waals surface area contributed by atoms with Crippen LogP contribution in [0.4, 0.5) is 9.59 Å². The van der Waals surface area contributed by atoms with Crippen molar-refractivity contribution in [2.45, 2.75) is 66.7 Å². The van der Waals surface area contributed by atoms with Crippen molar-refractivity contribution in [3.05, 3.63) is 23.0 Å². The maximum absolute atomic E-state index is 12.2. The van der Waals surface area contributed by atoms with Crippen LogP contribution in [-0.2, 0) is 11.3 Å². The van der Waals surface area contributed by atoms with Gasteiger partial charge in [0.2, 0.25) is 0 Å². The Hall–Kier alpha value is -2.35. The van der Waals surface area contributed by atoms with Gasteiger partial charge in [0.15, 0.2) is 5.75 Å². The fourth-order valence-corrected chi connectivity index (χ4v) is 2.41. The zero-order chi connectivity index (χ0) is 20.3. The van der Waals surface area contributed by atoms with E-state index in [2.05, 4.69) is 10.3 Å². The molecule has 8 nitrogen and oxygen atoms in total. The van der Waals surface area contributed by atoms with E-state index in [0.717, 1.165) is 0 Å². The van der Waals surface area contributed by atoms with Crippen molar-refractivity contribution in [1.29, 1.82) is 0 Å². The molecular formula is C18H28N2O6. The predicted molar refractivity (Wildman–Crippen MR) is 95.1 cm³/mol. The monoisotopic (exact) mass is 368 g/mol. The Bertz CT molecular complexity index is 673. The summed E-state index contributed by atoms with van der Waals surface area (Å²) >= 11 is 0. The molecule has 0 fully saturated rings. The Morgan fingerprint density at radius 2 is 1.81 bits per heavy atom. The second-order valence-corrected chi connectivity index (χ2v) is 8.08. The third-order valence-electron chi connectivity index (χ3n) is 3.50. The van der Waals surface area contributed by atoms with Crippen LogP contribution in [0.2, 0.25) is 0 Å². The van der Waals surface area contributed by atoms with Crippen LogP contribution < -0.4 is 10.1 Å². The number of carbonyl (C=O) groups excluding carboxylic acids is 1. The molecule has 1 unspecified atom stereocenters. The average Bonchev–Trinajstić information content (AvgIpc) is 2.43. The van der Waals surface area contributed by atoms with Gasteiger partial charge in [0.25, 0.3) is 0 Å². The quantitative estimate of drug-likeness (QED) is 0.695. The highest BCUT2D eigenvalue weighted by atomic mass is 16.7. The summed E-state index contributed by atoms with van der Waals surface area (Å²) in [6.45, 7) is 11.9. The highest BCUT2D eigenvalue weighted by Gasteiger charge is 2.34. The molecule has 8 heteroatoms. The number of pyridine rings is 1. The number of carboxylic acid groups (broad SMARTS) is 1. The number of rotatable bonds is 4. The standard InChI is InChI=1S/C18H28N2O6/c1-10-13(25-16(24)26-18(5,6)7)12(11(9-21)8-19-10)14(17(2,3)4)20-15(22)23/h8,14,20-21H,9H2,1-7H3,(H,22,23). The van der Waals surface area contributed by atoms with Crippen molar-refractivity contribution in [3.63, 3.8) is 0 Å². The van der Waals surface area contributed by atoms with E-state index in [0.29, 0.717) is 16.8 Å². The van der Waals surface area contributed by atoms with E-state index in [1.54, 1.807) is 27.7 Å². The lowest BCUT2D eigenvalue weighted by molar-refractivity contribution is 0.0198. The van der Waals surface area contributed by atoms with Crippen molar-refractivity contribution < 1.29 is 29.3 Å². The largest absolute Gasteiger partial charge is 0.514 e. The zero-order valence-electron chi connectivity index (χ0n) is 16.3. The first kappa shape index (κ1) is 21.7. The third kappa shape index (κ3) is 5.87. The van der Waals surface area contributed by atoms with Crippen LogP contribution in [-0.4, -0.2) is 33.0 Å². The topological polar surface area (TPSA) is 118 Å². The molecular weight excluding hydrogens is 340 g/mol. The number of ether oxygens (including phenoxy) is 2. The normalized spacial score (nSPS) is 13.1. The summed E-state index contributed by atoms with van der Waals surface area (Å²) in [5, 5.41) is 21.4. The number of aryl methyl sites for hydroxylation is 1. The first-order valence-corrected chi connectivity index (χ1v) is 8.25. The summed E-state index contributed by atoms with van der Waals surface area (Å²) in [5.41, 5.74) is -0.217. The fraction of sp³-hybridized carbons (Fsp3) is 0.611. The van der Waals surface area contributed by atoms with Crippen LogP contribution in [0.15, 0.2) is 6.20 Å². The lowest BCUT2D eigenvalue weighted by Crippen LogP contribution is -2.37. The molecule has 0 aliphatic carbocycles. The third-order valence-corrected chi connectivity index (χ3v) is 3.50. The Morgan fingerprint density at radius 3 is 2.23 bits per heavy atom. The van der Waals surface area contributed by atoms with Crippen molar-refractivity contribution in [2.24, 2.45) is 5.41 Å². The smallest absolute Gasteiger partial charge is 0.465 e. The van der Waals surface area contributed by atoms with Gasteiger partial charge in [0.05, 0.1) is 18.3 Å². The molecule has 3 N–H and O–H groups in total. The zero-order valence-corrected chi connectivity index (χ0v) is 16.3. The Balaban J connectivity index is 3.50. The van der Waals surface area contributed by atoms with Crippen molar-refractivity contribution in [1.82, 2.24) is 10.3 Å². The Labute approximate surface area is 153 Å². The summed E-state index contributed by atoms with van der Waals surface area (Å²) < 4.78 is 10.6. The fourth-order valence-electron chi connectivity index (χ4n) is 2.41. The molecule has 0 aromatic carbocycles. The van der Waals surface area contributed by atoms with Gasteiger partial charge in [-0.2, -0.15) is 0 Å². The molecule has 0 saturated heterocycles. The van der Waals surface area contributed by atoms with Gasteiger partial charge in [-0.3, -0.25) is 4.98 Å². The highest BCUT2D eigenvalue weighted by Crippen LogP contribution is 2.40. The predicted octanol–water partition coefficient (Wildman–Crippen LogP) is 3.55. The molecule has 1 aromatic heterocycles. The number of nitrogens with one attached hydrogen (secondary N) is 1. The first-order valence-electron chi connectivity index (χ1n) is 8.25. The van der Waals surface area contributed by atoms with Gasteiger partial charge in [-0.25, -0.2) is 9.59 Å². The summed E-state index contributed by atoms with van der Waals surface area (Å²) in [5.74, 6) is 0.0828. The van der Waals surface area contributed by atoms with Crippen LogP contribution in [0.3, 0.4) is 0 Å². The molecule has 0 bridgehead atoms. The number of carbonyl (C=O) groups is 2. The first-order chi connectivity index (χ1) is 11.8. The van der Waals surface area contributed by atoms with E-state index in [1.807, 2.05) is 20.8 Å². The lowest BCUT2D eigenvalue weighted by atomic mass is 9.80. The number of hydrogen-bond acceptors (Lipinski definition) is 6. The van der Waals surface area contributed by atoms with Gasteiger partial charge in [0, 0.05) is 17.3 Å². The molecule has 0 radical (unpaired) electrons. The SMILES string of the molecule is Cc1ncc(CO)c(C(NC(=O)O)C(C)(C)C)c1OC(=O)OC(C)(C)C. The molecule has 1 heterocycles. The van der Waals surface area contributed by atoms with E-state index in [-0.39, 0.29) is 12.4 Å². The maximum atomic E-state index is 12.2. The second kappa shape index (κ2) is 7.90. The summed E-state index contributed by atoms with van der Waals surface area (Å²) in [4.78, 5) is 27.6. The Morgan fingerprint density at radius 1 is 1.23 bits per heavy atom. The molecule has 0 spiro atoms. The Kier molecular flexibility index (Phi) is 6.59. The summed E-state index contributed by atoms with van der Waals surface area (Å²) in [6, 6.07) is -0.749. The number of aromatic nitrogens is 1. The van der Waals surface area contributed by atoms with E-state index in [9.17, 15) is 19.8 Å². The number of nitrogens with zero attached hydrogens (tertiary/aromatic N) is 1. The summed E-state index contributed by atoms with van der Waals surface area (Å²) in [6.07, 6.45) is -0.720. The van der Waals surface area contributed by atoms with Crippen LogP contribution in [0.5, 0.6) is 5.75 Å². The molecule has 0 saturated carbocycles. The molecule has 1 amide bonds. The second-order valence-electron chi connectivity index (χ2n) is 8.08. The number of aliphatic hydroxyl groups excluding tert-OH is 1. The number of aliphatic hydroxyl groups is 1. The maximum Gasteiger partial charge on any atom is 0.514 e. The molecule has 0 aliphatic rings. The van der Waals surface area contributed by atoms with Gasteiger partial charge in [-0.05, 0) is 33.1 Å². The van der Waals surface area contributed by atoms with Crippen LogP contribution in [0.1, 0.15) is 64.4 Å². The van der Waals surface area contributed by atoms with E-state index >= 15 is 0 Å². The van der Waals surface area contributed by atoms with Crippen LogP contribution in [0.25, 0.3) is 0 Å². The minimum atomic E-state index is -1.23. The molecule has 1 aromatic rings. The van der Waals surface area contributed by atoms with Crippen molar-refractivity contribution >= 4 is 12.2 Å². The molecule has 1 rings (SSSR count). The van der Waals surface area contributed by atoms with E-state index in [1.165, 1.54) is 6.20 Å². The number of amides is 1. The minimum absolute atomic E-state index is 0.0828. The lowest BCUT2D eigenvalue weighted by Gasteiger charge is -2.33. The van der Waals surface area contributed by atoms with Crippen molar-refractivity contribution in [2.75, 3.05) is 0 Å². The van der Waals surface area contributed by atoms with Crippen LogP contribution in [0, 0.1) is 12.3 Å². The van der Waals surface area contributed by atoms with Crippen molar-refractivity contribution in [3.8, 4) is 5.75 Å². The van der Waals surface area contributed by atoms with E-state index in [4.69, 9.17) is 9.47 Å². The molecule has 146 valence electrons. The van der Waals surface area contributed by atoms with Gasteiger partial charge >= 0.3 is 12.2 Å². The van der Waals surface area contributed by atoms with Gasteiger partial charge < -0.3 is 25.0 Å².